The summed E-state index contributed by atoms with van der Waals surface area (Å²) < 4.78 is 5.76. The van der Waals surface area contributed by atoms with E-state index in [0.717, 1.165) is 4.47 Å². The third-order valence-electron chi connectivity index (χ3n) is 1.86. The first-order valence-corrected chi connectivity index (χ1v) is 5.51. The number of aromatic nitrogens is 1. The van der Waals surface area contributed by atoms with Crippen molar-refractivity contribution in [3.63, 3.8) is 0 Å². The second-order valence-corrected chi connectivity index (χ2v) is 4.42. The number of rotatable bonds is 1. The van der Waals surface area contributed by atoms with Crippen LogP contribution in [0.2, 0.25) is 10.0 Å². The van der Waals surface area contributed by atoms with Gasteiger partial charge in [-0.2, -0.15) is 0 Å². The number of hydrogen-bond donors (Lipinski definition) is 1. The number of nitrogen functional groups attached to an aromatic ring is 1. The molecule has 2 rings (SSSR count). The predicted octanol–water partition coefficient (Wildman–Crippen LogP) is 3.99. The van der Waals surface area contributed by atoms with E-state index in [1.807, 2.05) is 12.1 Å². The van der Waals surface area contributed by atoms with Gasteiger partial charge >= 0.3 is 0 Å². The maximum absolute atomic E-state index is 6.07. The number of benzene rings is 1. The molecule has 0 aliphatic heterocycles. The van der Waals surface area contributed by atoms with Crippen molar-refractivity contribution in [3.05, 3.63) is 32.7 Å². The Labute approximate surface area is 104 Å². The van der Waals surface area contributed by atoms with Gasteiger partial charge in [0.2, 0.25) is 0 Å². The summed E-state index contributed by atoms with van der Waals surface area (Å²) in [6.07, 6.45) is 0. The minimum absolute atomic E-state index is 0.155. The maximum Gasteiger partial charge on any atom is 0.189 e. The van der Waals surface area contributed by atoms with Crippen LogP contribution in [0, 0.1) is 0 Å². The minimum atomic E-state index is 0.155. The Hall–Kier alpha value is -0.710. The van der Waals surface area contributed by atoms with Gasteiger partial charge in [0, 0.05) is 10.0 Å². The molecule has 0 atom stereocenters. The van der Waals surface area contributed by atoms with E-state index >= 15 is 0 Å². The molecule has 78 valence electrons. The van der Waals surface area contributed by atoms with Crippen molar-refractivity contribution in [2.24, 2.45) is 0 Å². The van der Waals surface area contributed by atoms with Gasteiger partial charge in [-0.3, -0.25) is 0 Å². The predicted molar refractivity (Wildman–Crippen MR) is 64.1 cm³/mol. The Bertz CT molecular complexity index is 513. The molecule has 15 heavy (non-hydrogen) atoms. The third kappa shape index (κ3) is 1.85. The molecule has 2 aromatic rings. The number of halogens is 3. The van der Waals surface area contributed by atoms with Crippen molar-refractivity contribution in [2.45, 2.75) is 0 Å². The molecule has 0 fully saturated rings. The Morgan fingerprint density at radius 3 is 2.60 bits per heavy atom. The van der Waals surface area contributed by atoms with E-state index in [9.17, 15) is 0 Å². The van der Waals surface area contributed by atoms with Crippen molar-refractivity contribution in [1.29, 1.82) is 0 Å². The topological polar surface area (TPSA) is 52.0 Å². The quantitative estimate of drug-likeness (QED) is 0.866. The van der Waals surface area contributed by atoms with Crippen LogP contribution >= 0.6 is 39.1 Å². The largest absolute Gasteiger partial charge is 0.380 e. The molecule has 0 aliphatic rings. The van der Waals surface area contributed by atoms with Gasteiger partial charge in [-0.1, -0.05) is 34.4 Å². The van der Waals surface area contributed by atoms with Crippen LogP contribution in [-0.4, -0.2) is 5.16 Å². The summed E-state index contributed by atoms with van der Waals surface area (Å²) in [5.41, 5.74) is 6.13. The molecule has 0 saturated carbocycles. The summed E-state index contributed by atoms with van der Waals surface area (Å²) in [6, 6.07) is 5.42. The molecule has 0 radical (unpaired) electrons. The fourth-order valence-corrected chi connectivity index (χ4v) is 1.89. The van der Waals surface area contributed by atoms with Crippen LogP contribution in [-0.2, 0) is 0 Å². The summed E-state index contributed by atoms with van der Waals surface area (Å²) in [5, 5.41) is 4.34. The molecule has 1 heterocycles. The van der Waals surface area contributed by atoms with E-state index in [1.165, 1.54) is 0 Å². The highest BCUT2D eigenvalue weighted by molar-refractivity contribution is 9.10. The first-order valence-electron chi connectivity index (χ1n) is 3.96. The molecule has 0 spiro atoms. The summed E-state index contributed by atoms with van der Waals surface area (Å²) in [5.74, 6) is 0.531. The van der Waals surface area contributed by atoms with Gasteiger partial charge in [0.05, 0.1) is 5.02 Å². The zero-order valence-electron chi connectivity index (χ0n) is 7.30. The Kier molecular flexibility index (Phi) is 2.91. The van der Waals surface area contributed by atoms with Crippen molar-refractivity contribution < 1.29 is 4.52 Å². The van der Waals surface area contributed by atoms with E-state index in [2.05, 4.69) is 21.1 Å². The lowest BCUT2D eigenvalue weighted by Crippen LogP contribution is -1.83. The summed E-state index contributed by atoms with van der Waals surface area (Å²) in [6.45, 7) is 0. The second-order valence-electron chi connectivity index (χ2n) is 2.81. The van der Waals surface area contributed by atoms with Crippen molar-refractivity contribution in [2.75, 3.05) is 5.73 Å². The molecular weight excluding hydrogens is 303 g/mol. The number of nitrogens with two attached hydrogens (primary N) is 1. The maximum atomic E-state index is 6.07. The molecule has 1 aromatic heterocycles. The fraction of sp³-hybridized carbons (Fsp3) is 0. The standard InChI is InChI=1S/C9H5BrCl2N2O/c10-5-3-1-2-4(6(5)11)8-7(12)9(13)14-15-8/h1-3H,(H2,13,14). The SMILES string of the molecule is Nc1noc(-c2cccc(Br)c2Cl)c1Cl. The van der Waals surface area contributed by atoms with Crippen LogP contribution in [0.25, 0.3) is 11.3 Å². The molecule has 0 aliphatic carbocycles. The van der Waals surface area contributed by atoms with Gasteiger partial charge in [-0.15, -0.1) is 0 Å². The lowest BCUT2D eigenvalue weighted by Gasteiger charge is -2.01. The molecule has 6 heteroatoms. The van der Waals surface area contributed by atoms with E-state index in [4.69, 9.17) is 33.5 Å². The molecular formula is C9H5BrCl2N2O. The van der Waals surface area contributed by atoms with E-state index in [-0.39, 0.29) is 10.8 Å². The van der Waals surface area contributed by atoms with Gasteiger partial charge in [0.25, 0.3) is 0 Å². The number of hydrogen-bond acceptors (Lipinski definition) is 3. The summed E-state index contributed by atoms with van der Waals surface area (Å²) in [7, 11) is 0. The van der Waals surface area contributed by atoms with Gasteiger partial charge in [0.1, 0.15) is 5.02 Å². The van der Waals surface area contributed by atoms with Gasteiger partial charge in [-0.25, -0.2) is 0 Å². The van der Waals surface area contributed by atoms with Crippen LogP contribution in [0.5, 0.6) is 0 Å². The summed E-state index contributed by atoms with van der Waals surface area (Å²) in [4.78, 5) is 0. The number of nitrogens with zero attached hydrogens (tertiary/aromatic N) is 1. The molecule has 0 saturated heterocycles. The molecule has 0 unspecified atom stereocenters. The lowest BCUT2D eigenvalue weighted by molar-refractivity contribution is 0.436. The Morgan fingerprint density at radius 2 is 2.00 bits per heavy atom. The highest BCUT2D eigenvalue weighted by Gasteiger charge is 2.17. The van der Waals surface area contributed by atoms with Gasteiger partial charge in [0.15, 0.2) is 11.6 Å². The molecule has 0 amide bonds. The molecule has 0 bridgehead atoms. The first kappa shape index (κ1) is 10.8. The number of anilines is 1. The zero-order chi connectivity index (χ0) is 11.0. The van der Waals surface area contributed by atoms with Gasteiger partial charge in [-0.05, 0) is 28.1 Å². The van der Waals surface area contributed by atoms with Crippen molar-refractivity contribution in [1.82, 2.24) is 5.16 Å². The average molecular weight is 308 g/mol. The molecule has 1 aromatic carbocycles. The monoisotopic (exact) mass is 306 g/mol. The van der Waals surface area contributed by atoms with Crippen LogP contribution in [0.4, 0.5) is 5.82 Å². The summed E-state index contributed by atoms with van der Waals surface area (Å²) >= 11 is 15.3. The van der Waals surface area contributed by atoms with Crippen molar-refractivity contribution >= 4 is 44.9 Å². The van der Waals surface area contributed by atoms with Crippen LogP contribution in [0.3, 0.4) is 0 Å². The van der Waals surface area contributed by atoms with Crippen LogP contribution < -0.4 is 5.73 Å². The normalized spacial score (nSPS) is 10.6. The van der Waals surface area contributed by atoms with Crippen molar-refractivity contribution in [3.8, 4) is 11.3 Å². The third-order valence-corrected chi connectivity index (χ3v) is 3.52. The molecule has 3 nitrogen and oxygen atoms in total. The highest BCUT2D eigenvalue weighted by Crippen LogP contribution is 2.38. The highest BCUT2D eigenvalue weighted by atomic mass is 79.9. The Balaban J connectivity index is 2.64. The van der Waals surface area contributed by atoms with E-state index in [1.54, 1.807) is 6.07 Å². The lowest BCUT2D eigenvalue weighted by atomic mass is 10.2. The Morgan fingerprint density at radius 1 is 1.27 bits per heavy atom. The van der Waals surface area contributed by atoms with Gasteiger partial charge < -0.3 is 10.3 Å². The second kappa shape index (κ2) is 4.04. The van der Waals surface area contributed by atoms with E-state index in [0.29, 0.717) is 16.3 Å². The van der Waals surface area contributed by atoms with E-state index < -0.39 is 0 Å². The minimum Gasteiger partial charge on any atom is -0.380 e. The molecule has 2 N–H and O–H groups in total. The van der Waals surface area contributed by atoms with Crippen LogP contribution in [0.1, 0.15) is 0 Å². The fourth-order valence-electron chi connectivity index (χ4n) is 1.14. The average Bonchev–Trinajstić information content (AvgIpc) is 2.53. The first-order chi connectivity index (χ1) is 7.11. The zero-order valence-corrected chi connectivity index (χ0v) is 10.4. The van der Waals surface area contributed by atoms with Crippen LogP contribution in [0.15, 0.2) is 27.2 Å². The smallest absolute Gasteiger partial charge is 0.189 e.